The van der Waals surface area contributed by atoms with Gasteiger partial charge in [-0.3, -0.25) is 14.4 Å². The average molecular weight is 496 g/mol. The van der Waals surface area contributed by atoms with Crippen molar-refractivity contribution in [2.75, 3.05) is 18.4 Å². The summed E-state index contributed by atoms with van der Waals surface area (Å²) in [5, 5.41) is 23.0. The molecule has 2 aliphatic rings. The molecule has 35 heavy (non-hydrogen) atoms. The van der Waals surface area contributed by atoms with E-state index >= 15 is 0 Å². The molecule has 3 heterocycles. The first-order valence-corrected chi connectivity index (χ1v) is 12.2. The highest BCUT2D eigenvalue weighted by molar-refractivity contribution is 7.14. The number of carbonyl (C=O) groups is 3. The fourth-order valence-corrected chi connectivity index (χ4v) is 4.19. The number of allylic oxidation sites excluding steroid dienone is 3. The van der Waals surface area contributed by atoms with E-state index in [2.05, 4.69) is 36.3 Å². The fraction of sp³-hybridized carbons (Fsp3) is 0.348. The first-order chi connectivity index (χ1) is 17.0. The highest BCUT2D eigenvalue weighted by Gasteiger charge is 2.26. The summed E-state index contributed by atoms with van der Waals surface area (Å²) >= 11 is 1.39. The van der Waals surface area contributed by atoms with E-state index in [4.69, 9.17) is 4.52 Å². The topological polar surface area (TPSA) is 151 Å². The Morgan fingerprint density at radius 1 is 1.17 bits per heavy atom. The first-order valence-electron chi connectivity index (χ1n) is 11.3. The number of hydrogen-bond acceptors (Lipinski definition) is 9. The van der Waals surface area contributed by atoms with Crippen LogP contribution >= 0.6 is 11.3 Å². The van der Waals surface area contributed by atoms with Crippen LogP contribution in [0.3, 0.4) is 0 Å². The molecule has 0 fully saturated rings. The highest BCUT2D eigenvalue weighted by Crippen LogP contribution is 2.28. The molecule has 0 bridgehead atoms. The molecule has 0 saturated heterocycles. The number of azo groups is 1. The van der Waals surface area contributed by atoms with Crippen molar-refractivity contribution in [3.05, 3.63) is 53.0 Å². The number of aromatic nitrogens is 2. The first kappa shape index (κ1) is 24.2. The van der Waals surface area contributed by atoms with Crippen molar-refractivity contribution in [3.8, 4) is 11.4 Å². The molecule has 12 heteroatoms. The maximum Gasteiger partial charge on any atom is 0.276 e. The molecule has 4 rings (SSSR count). The number of aryl methyl sites for hydroxylation is 1. The van der Waals surface area contributed by atoms with E-state index in [0.29, 0.717) is 49.9 Å². The Kier molecular flexibility index (Phi) is 7.93. The van der Waals surface area contributed by atoms with E-state index in [1.54, 1.807) is 19.1 Å². The van der Waals surface area contributed by atoms with E-state index in [1.807, 2.05) is 23.6 Å². The molecule has 3 amide bonds. The van der Waals surface area contributed by atoms with Gasteiger partial charge < -0.3 is 20.5 Å². The number of thiophene rings is 1. The van der Waals surface area contributed by atoms with Gasteiger partial charge in [0.05, 0.1) is 10.9 Å². The molecule has 1 aliphatic heterocycles. The lowest BCUT2D eigenvalue weighted by Gasteiger charge is -2.20. The summed E-state index contributed by atoms with van der Waals surface area (Å²) in [5.74, 6) is 0.546. The molecule has 1 aliphatic carbocycles. The zero-order valence-electron chi connectivity index (χ0n) is 19.1. The van der Waals surface area contributed by atoms with Crippen LogP contribution in [0, 0.1) is 5.92 Å². The fourth-order valence-electron chi connectivity index (χ4n) is 3.39. The molecule has 2 aromatic rings. The standard InChI is InChI=1S/C23H25N7O4S/c1-2-17(31)26-20-12-14(13-35-20)21-27-19(34-30-21)9-8-18(32)24-10-5-11-25-22-15-6-3-4-7-16(15)23(33)29-28-22/h3-4,6-7,12-13,16,25H,2,5,8-11H2,1H3,(H,24,32)(H,26,31). The molecule has 0 radical (unpaired) electrons. The minimum atomic E-state index is -0.381. The van der Waals surface area contributed by atoms with Crippen molar-refractivity contribution in [3.63, 3.8) is 0 Å². The predicted molar refractivity (Wildman–Crippen MR) is 129 cm³/mol. The molecule has 0 spiro atoms. The van der Waals surface area contributed by atoms with E-state index in [9.17, 15) is 14.4 Å². The number of fused-ring (bicyclic) bond motifs is 1. The van der Waals surface area contributed by atoms with Gasteiger partial charge in [0.2, 0.25) is 23.5 Å². The van der Waals surface area contributed by atoms with E-state index in [-0.39, 0.29) is 30.1 Å². The van der Waals surface area contributed by atoms with E-state index in [0.717, 1.165) is 16.1 Å². The van der Waals surface area contributed by atoms with Gasteiger partial charge in [-0.15, -0.1) is 21.6 Å². The summed E-state index contributed by atoms with van der Waals surface area (Å²) in [7, 11) is 0. The second-order valence-electron chi connectivity index (χ2n) is 7.81. The lowest BCUT2D eigenvalue weighted by atomic mass is 9.93. The minimum absolute atomic E-state index is 0.0601. The molecular weight excluding hydrogens is 470 g/mol. The van der Waals surface area contributed by atoms with Gasteiger partial charge in [0, 0.05) is 48.9 Å². The smallest absolute Gasteiger partial charge is 0.276 e. The maximum absolute atomic E-state index is 12.2. The maximum atomic E-state index is 12.2. The number of amides is 3. The lowest BCUT2D eigenvalue weighted by molar-refractivity contribution is -0.121. The van der Waals surface area contributed by atoms with Crippen molar-refractivity contribution in [1.82, 2.24) is 20.8 Å². The summed E-state index contributed by atoms with van der Waals surface area (Å²) in [6.45, 7) is 2.85. The van der Waals surface area contributed by atoms with Crippen LogP contribution < -0.4 is 16.0 Å². The normalized spacial score (nSPS) is 16.4. The van der Waals surface area contributed by atoms with E-state index in [1.165, 1.54) is 11.3 Å². The third kappa shape index (κ3) is 6.35. The largest absolute Gasteiger partial charge is 0.368 e. The van der Waals surface area contributed by atoms with Crippen LogP contribution in [0.2, 0.25) is 0 Å². The zero-order valence-corrected chi connectivity index (χ0v) is 19.9. The highest BCUT2D eigenvalue weighted by atomic mass is 32.1. The Morgan fingerprint density at radius 2 is 2.06 bits per heavy atom. The van der Waals surface area contributed by atoms with Crippen molar-refractivity contribution in [2.45, 2.75) is 32.6 Å². The van der Waals surface area contributed by atoms with E-state index < -0.39 is 0 Å². The number of carbonyl (C=O) groups excluding carboxylic acids is 3. The van der Waals surface area contributed by atoms with Crippen LogP contribution in [0.5, 0.6) is 0 Å². The number of nitrogens with one attached hydrogen (secondary N) is 3. The number of anilines is 1. The number of rotatable bonds is 11. The van der Waals surface area contributed by atoms with Crippen LogP contribution in [0.25, 0.3) is 11.4 Å². The lowest BCUT2D eigenvalue weighted by Crippen LogP contribution is -2.28. The Hall–Kier alpha value is -3.93. The third-order valence-corrected chi connectivity index (χ3v) is 6.10. The monoisotopic (exact) mass is 495 g/mol. The molecule has 2 aromatic heterocycles. The van der Waals surface area contributed by atoms with Crippen molar-refractivity contribution >= 4 is 34.1 Å². The Labute approximate surface area is 205 Å². The van der Waals surface area contributed by atoms with Crippen molar-refractivity contribution < 1.29 is 18.9 Å². The van der Waals surface area contributed by atoms with Gasteiger partial charge in [0.25, 0.3) is 5.91 Å². The second-order valence-corrected chi connectivity index (χ2v) is 8.72. The SMILES string of the molecule is CCC(=O)Nc1cc(-c2noc(CCC(=O)NCCCNC3=C4C=CC=CC4C(=O)N=N3)n2)cs1. The van der Waals surface area contributed by atoms with Crippen molar-refractivity contribution in [2.24, 2.45) is 16.1 Å². The Balaban J connectivity index is 1.16. The van der Waals surface area contributed by atoms with Crippen LogP contribution in [-0.2, 0) is 20.8 Å². The van der Waals surface area contributed by atoms with Crippen LogP contribution in [0.15, 0.2) is 61.9 Å². The van der Waals surface area contributed by atoms with Crippen LogP contribution in [0.4, 0.5) is 5.00 Å². The summed E-state index contributed by atoms with van der Waals surface area (Å²) in [5.41, 5.74) is 1.55. The molecule has 182 valence electrons. The summed E-state index contributed by atoms with van der Waals surface area (Å²) in [6.07, 6.45) is 8.97. The third-order valence-electron chi connectivity index (χ3n) is 5.26. The second kappa shape index (κ2) is 11.5. The summed E-state index contributed by atoms with van der Waals surface area (Å²) in [6, 6.07) is 1.79. The van der Waals surface area contributed by atoms with Gasteiger partial charge in [0.15, 0.2) is 5.82 Å². The van der Waals surface area contributed by atoms with Crippen LogP contribution in [-0.4, -0.2) is 41.0 Å². The predicted octanol–water partition coefficient (Wildman–Crippen LogP) is 3.12. The molecular formula is C23H25N7O4S. The average Bonchev–Trinajstić information content (AvgIpc) is 3.53. The minimum Gasteiger partial charge on any atom is -0.368 e. The molecule has 1 unspecified atom stereocenters. The van der Waals surface area contributed by atoms with Gasteiger partial charge in [-0.2, -0.15) is 4.98 Å². The number of nitrogens with zero attached hydrogens (tertiary/aromatic N) is 4. The quantitative estimate of drug-likeness (QED) is 0.405. The number of hydrogen-bond donors (Lipinski definition) is 3. The Morgan fingerprint density at radius 3 is 2.91 bits per heavy atom. The van der Waals surface area contributed by atoms with Gasteiger partial charge in [-0.25, -0.2) is 0 Å². The molecule has 0 saturated carbocycles. The summed E-state index contributed by atoms with van der Waals surface area (Å²) < 4.78 is 5.25. The molecule has 11 nitrogen and oxygen atoms in total. The summed E-state index contributed by atoms with van der Waals surface area (Å²) in [4.78, 5) is 39.8. The van der Waals surface area contributed by atoms with Crippen molar-refractivity contribution in [1.29, 1.82) is 0 Å². The van der Waals surface area contributed by atoms with Crippen LogP contribution in [0.1, 0.15) is 32.1 Å². The zero-order chi connectivity index (χ0) is 24.6. The molecule has 3 N–H and O–H groups in total. The van der Waals surface area contributed by atoms with Gasteiger partial charge in [-0.1, -0.05) is 36.4 Å². The van der Waals surface area contributed by atoms with Gasteiger partial charge in [-0.05, 0) is 12.5 Å². The Bertz CT molecular complexity index is 1220. The molecule has 1 atom stereocenters. The van der Waals surface area contributed by atoms with Gasteiger partial charge >= 0.3 is 0 Å². The van der Waals surface area contributed by atoms with Gasteiger partial charge in [0.1, 0.15) is 0 Å². The molecule has 0 aromatic carbocycles.